The number of nitrogens with one attached hydrogen (secondary N) is 2. The van der Waals surface area contributed by atoms with Crippen LogP contribution in [-0.4, -0.2) is 43.3 Å². The number of thioether (sulfide) groups is 1. The van der Waals surface area contributed by atoms with Crippen molar-refractivity contribution in [3.05, 3.63) is 34.9 Å². The molecule has 0 bridgehead atoms. The zero-order chi connectivity index (χ0) is 17.4. The Bertz CT molecular complexity index is 541. The summed E-state index contributed by atoms with van der Waals surface area (Å²) in [6.45, 7) is 6.93. The first kappa shape index (κ1) is 19.4. The van der Waals surface area contributed by atoms with E-state index in [2.05, 4.69) is 35.5 Å². The van der Waals surface area contributed by atoms with Crippen molar-refractivity contribution in [2.45, 2.75) is 37.5 Å². The number of hydrogen-bond acceptors (Lipinski definition) is 3. The molecule has 1 atom stereocenters. The Morgan fingerprint density at radius 1 is 1.42 bits per heavy atom. The molecule has 0 aromatic heterocycles. The van der Waals surface area contributed by atoms with Gasteiger partial charge >= 0.3 is 0 Å². The number of benzene rings is 1. The van der Waals surface area contributed by atoms with Gasteiger partial charge in [0.05, 0.1) is 6.04 Å². The van der Waals surface area contributed by atoms with Gasteiger partial charge in [0.2, 0.25) is 0 Å². The molecule has 24 heavy (non-hydrogen) atoms. The molecular weight excluding hydrogens is 342 g/mol. The molecule has 1 unspecified atom stereocenters. The normalized spacial score (nSPS) is 18.9. The molecule has 4 nitrogen and oxygen atoms in total. The van der Waals surface area contributed by atoms with E-state index < -0.39 is 0 Å². The van der Waals surface area contributed by atoms with Crippen LogP contribution in [0.25, 0.3) is 0 Å². The average Bonchev–Trinajstić information content (AvgIpc) is 2.59. The maximum atomic E-state index is 6.09. The van der Waals surface area contributed by atoms with Crippen LogP contribution in [0, 0.1) is 0 Å². The number of rotatable bonds is 6. The number of aliphatic imine (C=N–C) groups is 1. The van der Waals surface area contributed by atoms with Crippen LogP contribution in [0.15, 0.2) is 29.3 Å². The topological polar surface area (TPSA) is 45.7 Å². The monoisotopic (exact) mass is 369 g/mol. The maximum absolute atomic E-state index is 6.09. The van der Waals surface area contributed by atoms with E-state index in [-0.39, 0.29) is 10.8 Å². The number of halogens is 1. The van der Waals surface area contributed by atoms with E-state index in [9.17, 15) is 0 Å². The van der Waals surface area contributed by atoms with Crippen LogP contribution in [0.1, 0.15) is 38.3 Å². The highest BCUT2D eigenvalue weighted by molar-refractivity contribution is 8.00. The minimum atomic E-state index is 0.138. The predicted molar refractivity (Wildman–Crippen MR) is 105 cm³/mol. The molecule has 134 valence electrons. The zero-order valence-corrected chi connectivity index (χ0v) is 16.3. The quantitative estimate of drug-likeness (QED) is 0.590. The van der Waals surface area contributed by atoms with Crippen molar-refractivity contribution < 1.29 is 4.74 Å². The van der Waals surface area contributed by atoms with Gasteiger partial charge in [0.1, 0.15) is 0 Å². The molecule has 1 aliphatic heterocycles. The van der Waals surface area contributed by atoms with E-state index >= 15 is 0 Å². The van der Waals surface area contributed by atoms with Gasteiger partial charge in [0.25, 0.3) is 0 Å². The Balaban J connectivity index is 1.94. The molecule has 1 aromatic rings. The van der Waals surface area contributed by atoms with Crippen molar-refractivity contribution in [3.63, 3.8) is 0 Å². The Morgan fingerprint density at radius 2 is 2.17 bits per heavy atom. The fraction of sp³-hybridized carbons (Fsp3) is 0.611. The van der Waals surface area contributed by atoms with Crippen LogP contribution in [0.5, 0.6) is 0 Å². The lowest BCUT2D eigenvalue weighted by Gasteiger charge is -2.37. The van der Waals surface area contributed by atoms with Crippen LogP contribution >= 0.6 is 23.4 Å². The Kier molecular flexibility index (Phi) is 7.72. The van der Waals surface area contributed by atoms with Crippen molar-refractivity contribution >= 4 is 29.3 Å². The smallest absolute Gasteiger partial charge is 0.191 e. The fourth-order valence-corrected chi connectivity index (χ4v) is 4.37. The zero-order valence-electron chi connectivity index (χ0n) is 14.8. The van der Waals surface area contributed by atoms with Crippen molar-refractivity contribution in [1.29, 1.82) is 0 Å². The van der Waals surface area contributed by atoms with Crippen molar-refractivity contribution in [2.24, 2.45) is 4.99 Å². The highest BCUT2D eigenvalue weighted by Gasteiger charge is 2.32. The van der Waals surface area contributed by atoms with Gasteiger partial charge in [-0.15, -0.1) is 0 Å². The fourth-order valence-electron chi connectivity index (χ4n) is 2.93. The van der Waals surface area contributed by atoms with Crippen molar-refractivity contribution in [2.75, 3.05) is 32.6 Å². The molecule has 1 fully saturated rings. The third-order valence-electron chi connectivity index (χ3n) is 4.36. The molecule has 0 spiro atoms. The summed E-state index contributed by atoms with van der Waals surface area (Å²) in [5, 5.41) is 7.71. The van der Waals surface area contributed by atoms with Crippen molar-refractivity contribution in [1.82, 2.24) is 10.6 Å². The van der Waals surface area contributed by atoms with Crippen LogP contribution in [-0.2, 0) is 4.74 Å². The summed E-state index contributed by atoms with van der Waals surface area (Å²) in [7, 11) is 1.81. The van der Waals surface area contributed by atoms with Gasteiger partial charge in [-0.2, -0.15) is 11.8 Å². The lowest BCUT2D eigenvalue weighted by Crippen LogP contribution is -2.48. The van der Waals surface area contributed by atoms with E-state index in [4.69, 9.17) is 16.3 Å². The predicted octanol–water partition coefficient (Wildman–Crippen LogP) is 3.87. The van der Waals surface area contributed by atoms with E-state index in [1.807, 2.05) is 37.0 Å². The summed E-state index contributed by atoms with van der Waals surface area (Å²) in [5.41, 5.74) is 1.15. The van der Waals surface area contributed by atoms with Gasteiger partial charge in [0, 0.05) is 36.6 Å². The van der Waals surface area contributed by atoms with E-state index in [0.29, 0.717) is 0 Å². The summed E-state index contributed by atoms with van der Waals surface area (Å²) >= 11 is 8.11. The first-order valence-electron chi connectivity index (χ1n) is 8.53. The largest absolute Gasteiger partial charge is 0.381 e. The molecule has 1 saturated heterocycles. The van der Waals surface area contributed by atoms with E-state index in [1.165, 1.54) is 0 Å². The van der Waals surface area contributed by atoms with Crippen LogP contribution < -0.4 is 10.6 Å². The van der Waals surface area contributed by atoms with Gasteiger partial charge in [0.15, 0.2) is 5.96 Å². The number of hydrogen-bond donors (Lipinski definition) is 2. The molecule has 2 rings (SSSR count). The molecule has 1 aromatic carbocycles. The summed E-state index contributed by atoms with van der Waals surface area (Å²) in [4.78, 5) is 4.37. The highest BCUT2D eigenvalue weighted by Crippen LogP contribution is 2.34. The van der Waals surface area contributed by atoms with Gasteiger partial charge in [-0.25, -0.2) is 0 Å². The van der Waals surface area contributed by atoms with Crippen molar-refractivity contribution in [3.8, 4) is 0 Å². The lowest BCUT2D eigenvalue weighted by molar-refractivity contribution is 0.0782. The average molecular weight is 370 g/mol. The lowest BCUT2D eigenvalue weighted by atomic mass is 9.99. The second-order valence-electron chi connectivity index (χ2n) is 6.08. The number of ether oxygens (including phenoxy) is 1. The molecule has 2 N–H and O–H groups in total. The minimum Gasteiger partial charge on any atom is -0.381 e. The van der Waals surface area contributed by atoms with Crippen LogP contribution in [0.3, 0.4) is 0 Å². The summed E-state index contributed by atoms with van der Waals surface area (Å²) in [5.74, 6) is 1.94. The molecule has 0 aliphatic carbocycles. The standard InChI is InChI=1S/C18H28ClN3OS/c1-4-24-18(8-10-23-11-9-18)13-21-17(20-3)22-14(2)15-6-5-7-16(19)12-15/h5-7,12,14H,4,8-11,13H2,1-3H3,(H2,20,21,22). The number of guanidine groups is 1. The summed E-state index contributed by atoms with van der Waals surface area (Å²) in [6, 6.07) is 8.06. The molecule has 0 saturated carbocycles. The molecule has 1 aliphatic rings. The third-order valence-corrected chi connectivity index (χ3v) is 6.05. The van der Waals surface area contributed by atoms with Crippen LogP contribution in [0.2, 0.25) is 5.02 Å². The summed E-state index contributed by atoms with van der Waals surface area (Å²) in [6.07, 6.45) is 2.17. The van der Waals surface area contributed by atoms with Gasteiger partial charge < -0.3 is 15.4 Å². The first-order valence-corrected chi connectivity index (χ1v) is 9.89. The molecule has 1 heterocycles. The first-order chi connectivity index (χ1) is 11.6. The van der Waals surface area contributed by atoms with E-state index in [0.717, 1.165) is 54.9 Å². The van der Waals surface area contributed by atoms with E-state index in [1.54, 1.807) is 0 Å². The van der Waals surface area contributed by atoms with Gasteiger partial charge in [-0.3, -0.25) is 4.99 Å². The van der Waals surface area contributed by atoms with Gasteiger partial charge in [-0.05, 0) is 43.2 Å². The van der Waals surface area contributed by atoms with Gasteiger partial charge in [-0.1, -0.05) is 30.7 Å². The molecule has 0 radical (unpaired) electrons. The SMILES string of the molecule is CCSC1(CNC(=NC)NC(C)c2cccc(Cl)c2)CCOCC1. The Labute approximate surface area is 154 Å². The molecule has 6 heteroatoms. The molecular formula is C18H28ClN3OS. The Morgan fingerprint density at radius 3 is 2.79 bits per heavy atom. The molecule has 0 amide bonds. The number of nitrogens with zero attached hydrogens (tertiary/aromatic N) is 1. The second kappa shape index (κ2) is 9.54. The highest BCUT2D eigenvalue weighted by atomic mass is 35.5. The third kappa shape index (κ3) is 5.57. The maximum Gasteiger partial charge on any atom is 0.191 e. The second-order valence-corrected chi connectivity index (χ2v) is 8.24. The minimum absolute atomic E-state index is 0.138. The Hall–Kier alpha value is -0.910. The summed E-state index contributed by atoms with van der Waals surface area (Å²) < 4.78 is 5.78. The van der Waals surface area contributed by atoms with Crippen LogP contribution in [0.4, 0.5) is 0 Å².